The number of benzene rings is 3. The molecule has 1 N–H and O–H groups in total. The van der Waals surface area contributed by atoms with Gasteiger partial charge in [-0.05, 0) is 46.7 Å². The lowest BCUT2D eigenvalue weighted by atomic mass is 9.99. The molecule has 0 radical (unpaired) electrons. The molecule has 1 atom stereocenters. The highest BCUT2D eigenvalue weighted by atomic mass is 35.5. The molecular formula is C29H32Cl2N2O2. The summed E-state index contributed by atoms with van der Waals surface area (Å²) in [5.41, 5.74) is 4.08. The molecule has 0 aliphatic heterocycles. The van der Waals surface area contributed by atoms with Gasteiger partial charge in [-0.25, -0.2) is 0 Å². The van der Waals surface area contributed by atoms with Crippen molar-refractivity contribution in [2.75, 3.05) is 7.05 Å². The summed E-state index contributed by atoms with van der Waals surface area (Å²) in [6, 6.07) is 22.6. The number of likely N-dealkylation sites (N-methyl/N-ethyl adjacent to an activating group) is 1. The number of halogens is 2. The largest absolute Gasteiger partial charge is 0.357 e. The summed E-state index contributed by atoms with van der Waals surface area (Å²) in [6.07, 6.45) is 1.28. The van der Waals surface area contributed by atoms with Crippen molar-refractivity contribution in [3.8, 4) is 0 Å². The first-order chi connectivity index (χ1) is 16.8. The Bertz CT molecular complexity index is 1130. The highest BCUT2D eigenvalue weighted by molar-refractivity contribution is 6.35. The fourth-order valence-corrected chi connectivity index (χ4v) is 4.49. The first kappa shape index (κ1) is 26.8. The lowest BCUT2D eigenvalue weighted by molar-refractivity contribution is -0.141. The van der Waals surface area contributed by atoms with Crippen LogP contribution in [-0.4, -0.2) is 29.8 Å². The van der Waals surface area contributed by atoms with Crippen LogP contribution in [-0.2, 0) is 29.0 Å². The van der Waals surface area contributed by atoms with E-state index in [1.807, 2.05) is 30.3 Å². The normalized spacial score (nSPS) is 11.8. The number of nitrogens with one attached hydrogen (secondary N) is 1. The summed E-state index contributed by atoms with van der Waals surface area (Å²) in [6.45, 7) is 4.53. The van der Waals surface area contributed by atoms with Gasteiger partial charge in [0.05, 0.1) is 0 Å². The van der Waals surface area contributed by atoms with Crippen molar-refractivity contribution in [1.29, 1.82) is 0 Å². The van der Waals surface area contributed by atoms with Crippen LogP contribution in [0.5, 0.6) is 0 Å². The number of nitrogens with zero attached hydrogens (tertiary/aromatic N) is 1. The van der Waals surface area contributed by atoms with E-state index in [4.69, 9.17) is 23.2 Å². The van der Waals surface area contributed by atoms with Gasteiger partial charge < -0.3 is 10.2 Å². The summed E-state index contributed by atoms with van der Waals surface area (Å²) >= 11 is 12.5. The van der Waals surface area contributed by atoms with Crippen molar-refractivity contribution in [2.24, 2.45) is 0 Å². The molecule has 0 unspecified atom stereocenters. The third kappa shape index (κ3) is 7.58. The molecule has 3 rings (SSSR count). The number of rotatable bonds is 10. The van der Waals surface area contributed by atoms with Gasteiger partial charge in [-0.2, -0.15) is 0 Å². The maximum Gasteiger partial charge on any atom is 0.242 e. The average Bonchev–Trinajstić information content (AvgIpc) is 2.86. The topological polar surface area (TPSA) is 49.4 Å². The Labute approximate surface area is 218 Å². The number of carbonyl (C=O) groups excluding carboxylic acids is 2. The van der Waals surface area contributed by atoms with Gasteiger partial charge in [0.2, 0.25) is 11.8 Å². The molecule has 0 aliphatic rings. The lowest BCUT2D eigenvalue weighted by Crippen LogP contribution is -2.49. The quantitative estimate of drug-likeness (QED) is 0.341. The molecule has 0 saturated carbocycles. The number of hydrogen-bond donors (Lipinski definition) is 1. The molecule has 0 heterocycles. The Kier molecular flexibility index (Phi) is 9.76. The van der Waals surface area contributed by atoms with Crippen LogP contribution in [0.15, 0.2) is 72.8 Å². The van der Waals surface area contributed by atoms with Gasteiger partial charge in [-0.15, -0.1) is 0 Å². The number of amides is 2. The fourth-order valence-electron chi connectivity index (χ4n) is 4.02. The summed E-state index contributed by atoms with van der Waals surface area (Å²) in [7, 11) is 1.59. The monoisotopic (exact) mass is 510 g/mol. The fraction of sp³-hybridized carbons (Fsp3) is 0.310. The second kappa shape index (κ2) is 12.8. The van der Waals surface area contributed by atoms with Crippen LogP contribution in [0.1, 0.15) is 48.4 Å². The van der Waals surface area contributed by atoms with Crippen LogP contribution in [0.25, 0.3) is 0 Å². The van der Waals surface area contributed by atoms with E-state index in [2.05, 4.69) is 43.4 Å². The van der Waals surface area contributed by atoms with E-state index in [-0.39, 0.29) is 24.8 Å². The van der Waals surface area contributed by atoms with Gasteiger partial charge in [0.15, 0.2) is 0 Å². The van der Waals surface area contributed by atoms with E-state index in [0.29, 0.717) is 28.8 Å². The molecule has 2 amide bonds. The predicted molar refractivity (Wildman–Crippen MR) is 144 cm³/mol. The van der Waals surface area contributed by atoms with Gasteiger partial charge in [-0.3, -0.25) is 9.59 Å². The number of aryl methyl sites for hydroxylation is 1. The zero-order valence-electron chi connectivity index (χ0n) is 20.4. The second-order valence-corrected chi connectivity index (χ2v) is 9.82. The molecule has 3 aromatic carbocycles. The van der Waals surface area contributed by atoms with E-state index < -0.39 is 6.04 Å². The van der Waals surface area contributed by atoms with Crippen LogP contribution in [0.4, 0.5) is 0 Å². The summed E-state index contributed by atoms with van der Waals surface area (Å²) in [4.78, 5) is 28.3. The molecule has 0 fully saturated rings. The predicted octanol–water partition coefficient (Wildman–Crippen LogP) is 6.44. The van der Waals surface area contributed by atoms with Gasteiger partial charge in [0.1, 0.15) is 6.04 Å². The average molecular weight is 511 g/mol. The Hall–Kier alpha value is -2.82. The molecule has 4 nitrogen and oxygen atoms in total. The summed E-state index contributed by atoms with van der Waals surface area (Å²) in [5, 5.41) is 3.72. The molecule has 0 saturated heterocycles. The van der Waals surface area contributed by atoms with Crippen LogP contribution in [0, 0.1) is 0 Å². The van der Waals surface area contributed by atoms with E-state index >= 15 is 0 Å². The minimum Gasteiger partial charge on any atom is -0.357 e. The minimum absolute atomic E-state index is 0.103. The van der Waals surface area contributed by atoms with Crippen molar-refractivity contribution in [1.82, 2.24) is 10.2 Å². The van der Waals surface area contributed by atoms with Crippen molar-refractivity contribution in [2.45, 2.75) is 51.6 Å². The number of carbonyl (C=O) groups is 2. The van der Waals surface area contributed by atoms with Gasteiger partial charge in [0.25, 0.3) is 0 Å². The van der Waals surface area contributed by atoms with E-state index in [0.717, 1.165) is 16.7 Å². The lowest BCUT2D eigenvalue weighted by Gasteiger charge is -2.31. The van der Waals surface area contributed by atoms with Gasteiger partial charge in [0, 0.05) is 36.5 Å². The van der Waals surface area contributed by atoms with Gasteiger partial charge in [-0.1, -0.05) is 97.7 Å². The Morgan fingerprint density at radius 2 is 1.60 bits per heavy atom. The highest BCUT2D eigenvalue weighted by Gasteiger charge is 2.30. The Morgan fingerprint density at radius 3 is 2.20 bits per heavy atom. The third-order valence-electron chi connectivity index (χ3n) is 6.15. The van der Waals surface area contributed by atoms with E-state index in [9.17, 15) is 9.59 Å². The molecule has 0 aliphatic carbocycles. The minimum atomic E-state index is -0.676. The van der Waals surface area contributed by atoms with Crippen LogP contribution >= 0.6 is 23.2 Å². The first-order valence-corrected chi connectivity index (χ1v) is 12.6. The zero-order chi connectivity index (χ0) is 25.4. The van der Waals surface area contributed by atoms with Crippen molar-refractivity contribution >= 4 is 35.0 Å². The van der Waals surface area contributed by atoms with E-state index in [1.165, 1.54) is 5.56 Å². The third-order valence-corrected chi connectivity index (χ3v) is 6.73. The number of hydrogen-bond acceptors (Lipinski definition) is 2. The van der Waals surface area contributed by atoms with Crippen molar-refractivity contribution < 1.29 is 9.59 Å². The zero-order valence-corrected chi connectivity index (χ0v) is 21.9. The Balaban J connectivity index is 1.87. The molecule has 6 heteroatoms. The summed E-state index contributed by atoms with van der Waals surface area (Å²) in [5.74, 6) is 0.138. The maximum atomic E-state index is 13.6. The highest BCUT2D eigenvalue weighted by Crippen LogP contribution is 2.25. The molecule has 0 aromatic heterocycles. The smallest absolute Gasteiger partial charge is 0.242 e. The SMILES string of the molecule is CNC(=O)[C@H](Cc1ccccc1)N(Cc1ccc(Cl)cc1Cl)C(=O)CCc1ccc(C(C)C)cc1. The van der Waals surface area contributed by atoms with Crippen molar-refractivity contribution in [3.63, 3.8) is 0 Å². The molecule has 0 bridgehead atoms. The van der Waals surface area contributed by atoms with Crippen molar-refractivity contribution in [3.05, 3.63) is 105 Å². The molecular weight excluding hydrogens is 479 g/mol. The van der Waals surface area contributed by atoms with Crippen LogP contribution in [0.2, 0.25) is 10.0 Å². The summed E-state index contributed by atoms with van der Waals surface area (Å²) < 4.78 is 0. The van der Waals surface area contributed by atoms with E-state index in [1.54, 1.807) is 30.1 Å². The van der Waals surface area contributed by atoms with Crippen LogP contribution in [0.3, 0.4) is 0 Å². The molecule has 35 heavy (non-hydrogen) atoms. The molecule has 0 spiro atoms. The standard InChI is InChI=1S/C29H32Cl2N2O2/c1-20(2)23-12-9-21(10-13-23)11-16-28(34)33(19-24-14-15-25(30)18-26(24)31)27(29(35)32-3)17-22-7-5-4-6-8-22/h4-10,12-15,18,20,27H,11,16-17,19H2,1-3H3,(H,32,35)/t27-/m0/s1. The first-order valence-electron chi connectivity index (χ1n) is 11.9. The second-order valence-electron chi connectivity index (χ2n) is 8.97. The van der Waals surface area contributed by atoms with Crippen LogP contribution < -0.4 is 5.32 Å². The van der Waals surface area contributed by atoms with Gasteiger partial charge >= 0.3 is 0 Å². The molecule has 3 aromatic rings. The maximum absolute atomic E-state index is 13.6. The Morgan fingerprint density at radius 1 is 0.914 bits per heavy atom. The molecule has 184 valence electrons.